The Morgan fingerprint density at radius 3 is 2.64 bits per heavy atom. The summed E-state index contributed by atoms with van der Waals surface area (Å²) >= 11 is 6.06. The van der Waals surface area contributed by atoms with Gasteiger partial charge in [-0.05, 0) is 13.0 Å². The van der Waals surface area contributed by atoms with Gasteiger partial charge in [-0.1, -0.05) is 41.4 Å². The van der Waals surface area contributed by atoms with Gasteiger partial charge in [-0.3, -0.25) is 4.99 Å². The SMILES string of the molecule is CN=C(NCc1ncc(-c2ccc(C)cc2)o1)N(C)Cc1cc(Cl)cn1C.I. The zero-order valence-electron chi connectivity index (χ0n) is 16.4. The fraction of sp³-hybridized carbons (Fsp3) is 0.300. The first kappa shape index (κ1) is 22.3. The molecule has 0 saturated heterocycles. The van der Waals surface area contributed by atoms with E-state index in [9.17, 15) is 0 Å². The van der Waals surface area contributed by atoms with E-state index in [4.69, 9.17) is 16.0 Å². The molecule has 150 valence electrons. The van der Waals surface area contributed by atoms with Gasteiger partial charge in [-0.2, -0.15) is 0 Å². The van der Waals surface area contributed by atoms with Crippen molar-refractivity contribution in [1.82, 2.24) is 19.8 Å². The highest BCUT2D eigenvalue weighted by molar-refractivity contribution is 14.0. The van der Waals surface area contributed by atoms with Gasteiger partial charge in [0.2, 0.25) is 5.89 Å². The maximum Gasteiger partial charge on any atom is 0.214 e. The summed E-state index contributed by atoms with van der Waals surface area (Å²) in [5, 5.41) is 4.01. The van der Waals surface area contributed by atoms with Gasteiger partial charge in [0.15, 0.2) is 11.7 Å². The number of halogens is 2. The molecule has 3 aromatic rings. The van der Waals surface area contributed by atoms with E-state index >= 15 is 0 Å². The highest BCUT2D eigenvalue weighted by Gasteiger charge is 2.12. The average Bonchev–Trinajstić information content (AvgIpc) is 3.22. The lowest BCUT2D eigenvalue weighted by Crippen LogP contribution is -2.38. The summed E-state index contributed by atoms with van der Waals surface area (Å²) in [4.78, 5) is 10.7. The van der Waals surface area contributed by atoms with Gasteiger partial charge in [0, 0.05) is 38.6 Å². The number of aliphatic imine (C=N–C) groups is 1. The van der Waals surface area contributed by atoms with E-state index in [0.29, 0.717) is 19.0 Å². The summed E-state index contributed by atoms with van der Waals surface area (Å²) in [7, 11) is 5.71. The first-order chi connectivity index (χ1) is 13.0. The number of benzene rings is 1. The molecular weight excluding hydrogens is 489 g/mol. The Hall–Kier alpha value is -2.00. The van der Waals surface area contributed by atoms with Crippen LogP contribution in [-0.4, -0.2) is 34.5 Å². The Morgan fingerprint density at radius 2 is 2.04 bits per heavy atom. The van der Waals surface area contributed by atoms with Crippen LogP contribution in [0.15, 0.2) is 52.1 Å². The van der Waals surface area contributed by atoms with Crippen molar-refractivity contribution in [2.24, 2.45) is 12.0 Å². The van der Waals surface area contributed by atoms with Crippen LogP contribution >= 0.6 is 35.6 Å². The van der Waals surface area contributed by atoms with Crippen molar-refractivity contribution in [2.45, 2.75) is 20.0 Å². The van der Waals surface area contributed by atoms with Gasteiger partial charge in [0.1, 0.15) is 0 Å². The third-order valence-corrected chi connectivity index (χ3v) is 4.54. The highest BCUT2D eigenvalue weighted by Crippen LogP contribution is 2.20. The molecule has 28 heavy (non-hydrogen) atoms. The van der Waals surface area contributed by atoms with Crippen molar-refractivity contribution in [1.29, 1.82) is 0 Å². The summed E-state index contributed by atoms with van der Waals surface area (Å²) in [6, 6.07) is 10.1. The summed E-state index contributed by atoms with van der Waals surface area (Å²) < 4.78 is 7.86. The van der Waals surface area contributed by atoms with Gasteiger partial charge >= 0.3 is 0 Å². The van der Waals surface area contributed by atoms with Gasteiger partial charge < -0.3 is 19.2 Å². The molecule has 8 heteroatoms. The number of rotatable bonds is 5. The highest BCUT2D eigenvalue weighted by atomic mass is 127. The number of nitrogens with zero attached hydrogens (tertiary/aromatic N) is 4. The molecule has 0 aliphatic carbocycles. The van der Waals surface area contributed by atoms with Crippen LogP contribution in [-0.2, 0) is 20.1 Å². The molecule has 0 fully saturated rings. The van der Waals surface area contributed by atoms with E-state index in [1.807, 2.05) is 48.0 Å². The maximum absolute atomic E-state index is 6.06. The fourth-order valence-corrected chi connectivity index (χ4v) is 3.10. The van der Waals surface area contributed by atoms with E-state index in [1.165, 1.54) is 5.56 Å². The molecule has 3 rings (SSSR count). The molecule has 1 aromatic carbocycles. The van der Waals surface area contributed by atoms with Crippen molar-refractivity contribution in [3.05, 3.63) is 64.9 Å². The second-order valence-electron chi connectivity index (χ2n) is 6.50. The maximum atomic E-state index is 6.06. The molecule has 2 aromatic heterocycles. The van der Waals surface area contributed by atoms with Gasteiger partial charge in [-0.25, -0.2) is 4.98 Å². The Bertz CT molecular complexity index is 932. The number of aryl methyl sites for hydroxylation is 2. The van der Waals surface area contributed by atoms with Crippen LogP contribution in [0, 0.1) is 6.92 Å². The van der Waals surface area contributed by atoms with Crippen molar-refractivity contribution >= 4 is 41.5 Å². The molecule has 0 spiro atoms. The molecule has 0 saturated carbocycles. The zero-order valence-corrected chi connectivity index (χ0v) is 19.5. The van der Waals surface area contributed by atoms with Crippen LogP contribution in [0.5, 0.6) is 0 Å². The molecule has 2 heterocycles. The second kappa shape index (κ2) is 9.97. The number of hydrogen-bond acceptors (Lipinski definition) is 3. The van der Waals surface area contributed by atoms with Gasteiger partial charge in [0.05, 0.1) is 24.3 Å². The normalized spacial score (nSPS) is 11.2. The Kier molecular flexibility index (Phi) is 7.94. The summed E-state index contributed by atoms with van der Waals surface area (Å²) in [5.41, 5.74) is 3.33. The number of oxazole rings is 1. The zero-order chi connectivity index (χ0) is 19.4. The van der Waals surface area contributed by atoms with Crippen LogP contribution in [0.2, 0.25) is 5.02 Å². The third kappa shape index (κ3) is 5.51. The lowest BCUT2D eigenvalue weighted by Gasteiger charge is -2.21. The summed E-state index contributed by atoms with van der Waals surface area (Å²) in [6.07, 6.45) is 3.64. The molecule has 0 atom stereocenters. The van der Waals surface area contributed by atoms with Crippen molar-refractivity contribution in [2.75, 3.05) is 14.1 Å². The van der Waals surface area contributed by atoms with Crippen LogP contribution in [0.3, 0.4) is 0 Å². The molecule has 1 N–H and O–H groups in total. The Balaban J connectivity index is 0.00000280. The minimum absolute atomic E-state index is 0. The summed E-state index contributed by atoms with van der Waals surface area (Å²) in [5.74, 6) is 2.12. The molecule has 0 unspecified atom stereocenters. The standard InChI is InChI=1S/C20H24ClN5O.HI/c1-14-5-7-15(8-6-14)18-10-23-19(27-18)11-24-20(22-2)26(4)13-17-9-16(21)12-25(17)3;/h5-10,12H,11,13H2,1-4H3,(H,22,24);1H. The Labute approximate surface area is 187 Å². The smallest absolute Gasteiger partial charge is 0.214 e. The number of hydrogen-bond donors (Lipinski definition) is 1. The minimum Gasteiger partial charge on any atom is -0.439 e. The van der Waals surface area contributed by atoms with Crippen LogP contribution in [0.4, 0.5) is 0 Å². The predicted molar refractivity (Wildman–Crippen MR) is 124 cm³/mol. The monoisotopic (exact) mass is 513 g/mol. The van der Waals surface area contributed by atoms with E-state index in [-0.39, 0.29) is 24.0 Å². The number of nitrogens with one attached hydrogen (secondary N) is 1. The largest absolute Gasteiger partial charge is 0.439 e. The van der Waals surface area contributed by atoms with Crippen LogP contribution < -0.4 is 5.32 Å². The molecular formula is C20H25ClIN5O. The molecule has 0 amide bonds. The molecule has 0 radical (unpaired) electrons. The predicted octanol–water partition coefficient (Wildman–Crippen LogP) is 4.47. The van der Waals surface area contributed by atoms with E-state index < -0.39 is 0 Å². The van der Waals surface area contributed by atoms with Crippen molar-refractivity contribution in [3.63, 3.8) is 0 Å². The van der Waals surface area contributed by atoms with Gasteiger partial charge in [-0.15, -0.1) is 24.0 Å². The number of aromatic nitrogens is 2. The molecule has 6 nitrogen and oxygen atoms in total. The minimum atomic E-state index is 0. The quantitative estimate of drug-likeness (QED) is 0.311. The van der Waals surface area contributed by atoms with Crippen molar-refractivity contribution < 1.29 is 4.42 Å². The average molecular weight is 514 g/mol. The van der Waals surface area contributed by atoms with E-state index in [2.05, 4.69) is 34.3 Å². The molecule has 0 aliphatic heterocycles. The topological polar surface area (TPSA) is 58.6 Å². The first-order valence-corrected chi connectivity index (χ1v) is 9.08. The second-order valence-corrected chi connectivity index (χ2v) is 6.94. The van der Waals surface area contributed by atoms with Gasteiger partial charge in [0.25, 0.3) is 0 Å². The lowest BCUT2D eigenvalue weighted by molar-refractivity contribution is 0.447. The van der Waals surface area contributed by atoms with E-state index in [0.717, 1.165) is 28.0 Å². The molecule has 0 bridgehead atoms. The lowest BCUT2D eigenvalue weighted by atomic mass is 10.1. The Morgan fingerprint density at radius 1 is 1.32 bits per heavy atom. The van der Waals surface area contributed by atoms with E-state index in [1.54, 1.807) is 13.2 Å². The third-order valence-electron chi connectivity index (χ3n) is 4.33. The van der Waals surface area contributed by atoms with Crippen LogP contribution in [0.25, 0.3) is 11.3 Å². The summed E-state index contributed by atoms with van der Waals surface area (Å²) in [6.45, 7) is 3.20. The first-order valence-electron chi connectivity index (χ1n) is 8.70. The van der Waals surface area contributed by atoms with Crippen LogP contribution in [0.1, 0.15) is 17.1 Å². The fourth-order valence-electron chi connectivity index (χ4n) is 2.82. The van der Waals surface area contributed by atoms with Crippen molar-refractivity contribution in [3.8, 4) is 11.3 Å². The molecule has 0 aliphatic rings. The number of guanidine groups is 1.